The zero-order valence-electron chi connectivity index (χ0n) is 7.51. The second-order valence-corrected chi connectivity index (χ2v) is 4.61. The SMILES string of the molecule is CCCC1SNc2cccc(Cl)c21. The molecule has 3 heteroatoms. The van der Waals surface area contributed by atoms with Crippen LogP contribution in [0.15, 0.2) is 18.2 Å². The highest BCUT2D eigenvalue weighted by molar-refractivity contribution is 8.01. The Kier molecular flexibility index (Phi) is 2.70. The third-order valence-electron chi connectivity index (χ3n) is 2.24. The molecule has 0 spiro atoms. The van der Waals surface area contributed by atoms with Crippen molar-refractivity contribution in [2.24, 2.45) is 0 Å². The summed E-state index contributed by atoms with van der Waals surface area (Å²) < 4.78 is 3.31. The van der Waals surface area contributed by atoms with Crippen LogP contribution in [0.4, 0.5) is 5.69 Å². The first-order valence-electron chi connectivity index (χ1n) is 4.53. The minimum absolute atomic E-state index is 0.536. The smallest absolute Gasteiger partial charge is 0.0530 e. The fourth-order valence-electron chi connectivity index (χ4n) is 1.61. The van der Waals surface area contributed by atoms with Crippen molar-refractivity contribution in [2.45, 2.75) is 25.0 Å². The standard InChI is InChI=1S/C10H12ClNS/c1-2-4-9-10-7(11)5-3-6-8(10)12-13-9/h3,5-6,9,12H,2,4H2,1H3. The Morgan fingerprint density at radius 1 is 1.54 bits per heavy atom. The van der Waals surface area contributed by atoms with Crippen LogP contribution < -0.4 is 4.72 Å². The number of hydrogen-bond donors (Lipinski definition) is 1. The first-order chi connectivity index (χ1) is 6.33. The molecule has 1 atom stereocenters. The summed E-state index contributed by atoms with van der Waals surface area (Å²) >= 11 is 7.92. The summed E-state index contributed by atoms with van der Waals surface area (Å²) in [4.78, 5) is 0. The van der Waals surface area contributed by atoms with E-state index in [0.717, 1.165) is 5.02 Å². The van der Waals surface area contributed by atoms with Gasteiger partial charge in [0.2, 0.25) is 0 Å². The van der Waals surface area contributed by atoms with Gasteiger partial charge in [0, 0.05) is 16.3 Å². The van der Waals surface area contributed by atoms with Crippen LogP contribution in [0.3, 0.4) is 0 Å². The average molecular weight is 214 g/mol. The predicted molar refractivity (Wildman–Crippen MR) is 60.3 cm³/mol. The average Bonchev–Trinajstić information content (AvgIpc) is 2.51. The maximum atomic E-state index is 6.15. The molecule has 0 saturated heterocycles. The van der Waals surface area contributed by atoms with Crippen molar-refractivity contribution in [3.63, 3.8) is 0 Å². The third-order valence-corrected chi connectivity index (χ3v) is 3.66. The van der Waals surface area contributed by atoms with E-state index in [1.807, 2.05) is 12.1 Å². The Morgan fingerprint density at radius 3 is 3.15 bits per heavy atom. The number of benzene rings is 1. The van der Waals surface area contributed by atoms with E-state index < -0.39 is 0 Å². The molecule has 1 aromatic rings. The Morgan fingerprint density at radius 2 is 2.38 bits per heavy atom. The van der Waals surface area contributed by atoms with Crippen LogP contribution in [0.5, 0.6) is 0 Å². The number of rotatable bonds is 2. The van der Waals surface area contributed by atoms with Crippen molar-refractivity contribution in [3.05, 3.63) is 28.8 Å². The van der Waals surface area contributed by atoms with Crippen molar-refractivity contribution in [3.8, 4) is 0 Å². The van der Waals surface area contributed by atoms with E-state index in [0.29, 0.717) is 5.25 Å². The molecule has 0 radical (unpaired) electrons. The van der Waals surface area contributed by atoms with Gasteiger partial charge >= 0.3 is 0 Å². The van der Waals surface area contributed by atoms with E-state index in [4.69, 9.17) is 11.6 Å². The van der Waals surface area contributed by atoms with Crippen LogP contribution in [0.1, 0.15) is 30.6 Å². The Balaban J connectivity index is 2.34. The van der Waals surface area contributed by atoms with Gasteiger partial charge in [-0.05, 0) is 30.5 Å². The van der Waals surface area contributed by atoms with Gasteiger partial charge in [0.25, 0.3) is 0 Å². The van der Waals surface area contributed by atoms with Gasteiger partial charge in [0.15, 0.2) is 0 Å². The highest BCUT2D eigenvalue weighted by Gasteiger charge is 2.24. The maximum Gasteiger partial charge on any atom is 0.0530 e. The Bertz CT molecular complexity index is 312. The topological polar surface area (TPSA) is 12.0 Å². The molecule has 0 aliphatic carbocycles. The molecule has 0 aromatic heterocycles. The van der Waals surface area contributed by atoms with Crippen LogP contribution in [0.25, 0.3) is 0 Å². The lowest BCUT2D eigenvalue weighted by Gasteiger charge is -2.07. The van der Waals surface area contributed by atoms with Crippen molar-refractivity contribution in [2.75, 3.05) is 4.72 Å². The molecular formula is C10H12ClNS. The lowest BCUT2D eigenvalue weighted by Crippen LogP contribution is -1.88. The van der Waals surface area contributed by atoms with Crippen LogP contribution in [0, 0.1) is 0 Å². The normalized spacial score (nSPS) is 19.7. The number of anilines is 1. The second-order valence-electron chi connectivity index (χ2n) is 3.20. The minimum Gasteiger partial charge on any atom is -0.329 e. The predicted octanol–water partition coefficient (Wildman–Crippen LogP) is 4.25. The third kappa shape index (κ3) is 1.65. The van der Waals surface area contributed by atoms with Gasteiger partial charge in [0.05, 0.1) is 5.25 Å². The van der Waals surface area contributed by atoms with Crippen molar-refractivity contribution in [1.82, 2.24) is 0 Å². The van der Waals surface area contributed by atoms with E-state index in [1.54, 1.807) is 11.9 Å². The fourth-order valence-corrected chi connectivity index (χ4v) is 3.16. The number of halogens is 1. The second kappa shape index (κ2) is 3.81. The largest absolute Gasteiger partial charge is 0.329 e. The van der Waals surface area contributed by atoms with Crippen molar-refractivity contribution >= 4 is 29.2 Å². The molecule has 0 amide bonds. The van der Waals surface area contributed by atoms with Crippen molar-refractivity contribution in [1.29, 1.82) is 0 Å². The molecule has 2 rings (SSSR count). The Labute approximate surface area is 88.0 Å². The highest BCUT2D eigenvalue weighted by atomic mass is 35.5. The molecule has 1 heterocycles. The van der Waals surface area contributed by atoms with E-state index in [9.17, 15) is 0 Å². The summed E-state index contributed by atoms with van der Waals surface area (Å²) in [5, 5.41) is 1.43. The molecule has 1 N–H and O–H groups in total. The lowest BCUT2D eigenvalue weighted by molar-refractivity contribution is 0.786. The first-order valence-corrected chi connectivity index (χ1v) is 5.78. The van der Waals surface area contributed by atoms with E-state index in [2.05, 4.69) is 17.7 Å². The molecule has 70 valence electrons. The van der Waals surface area contributed by atoms with Gasteiger partial charge in [-0.15, -0.1) is 0 Å². The highest BCUT2D eigenvalue weighted by Crippen LogP contribution is 2.47. The van der Waals surface area contributed by atoms with Gasteiger partial charge < -0.3 is 4.72 Å². The number of nitrogens with one attached hydrogen (secondary N) is 1. The van der Waals surface area contributed by atoms with Crippen LogP contribution >= 0.6 is 23.5 Å². The number of hydrogen-bond acceptors (Lipinski definition) is 2. The number of fused-ring (bicyclic) bond motifs is 1. The summed E-state index contributed by atoms with van der Waals surface area (Å²) in [6, 6.07) is 6.05. The quantitative estimate of drug-likeness (QED) is 0.737. The first kappa shape index (κ1) is 9.22. The summed E-state index contributed by atoms with van der Waals surface area (Å²) in [7, 11) is 0. The summed E-state index contributed by atoms with van der Waals surface area (Å²) in [6.07, 6.45) is 2.39. The Hall–Kier alpha value is -0.340. The summed E-state index contributed by atoms with van der Waals surface area (Å²) in [6.45, 7) is 2.20. The molecule has 1 nitrogen and oxygen atoms in total. The summed E-state index contributed by atoms with van der Waals surface area (Å²) in [5.41, 5.74) is 2.48. The molecule has 0 bridgehead atoms. The van der Waals surface area contributed by atoms with Crippen LogP contribution in [-0.2, 0) is 0 Å². The monoisotopic (exact) mass is 213 g/mol. The fraction of sp³-hybridized carbons (Fsp3) is 0.400. The van der Waals surface area contributed by atoms with Gasteiger partial charge in [-0.25, -0.2) is 0 Å². The van der Waals surface area contributed by atoms with Gasteiger partial charge in [-0.2, -0.15) is 0 Å². The molecule has 1 aliphatic heterocycles. The molecule has 13 heavy (non-hydrogen) atoms. The molecule has 1 aromatic carbocycles. The lowest BCUT2D eigenvalue weighted by atomic mass is 10.1. The summed E-state index contributed by atoms with van der Waals surface area (Å²) in [5.74, 6) is 0. The molecular weight excluding hydrogens is 202 g/mol. The van der Waals surface area contributed by atoms with Gasteiger partial charge in [0.1, 0.15) is 0 Å². The zero-order valence-corrected chi connectivity index (χ0v) is 9.08. The van der Waals surface area contributed by atoms with E-state index >= 15 is 0 Å². The van der Waals surface area contributed by atoms with Gasteiger partial charge in [-0.3, -0.25) is 0 Å². The van der Waals surface area contributed by atoms with E-state index in [1.165, 1.54) is 24.1 Å². The molecule has 0 fully saturated rings. The molecule has 1 aliphatic rings. The van der Waals surface area contributed by atoms with Crippen LogP contribution in [0.2, 0.25) is 5.02 Å². The van der Waals surface area contributed by atoms with Gasteiger partial charge in [-0.1, -0.05) is 31.0 Å². The van der Waals surface area contributed by atoms with Crippen molar-refractivity contribution < 1.29 is 0 Å². The van der Waals surface area contributed by atoms with Crippen LogP contribution in [-0.4, -0.2) is 0 Å². The molecule has 0 saturated carbocycles. The zero-order chi connectivity index (χ0) is 9.26. The molecule has 1 unspecified atom stereocenters. The van der Waals surface area contributed by atoms with E-state index in [-0.39, 0.29) is 0 Å². The minimum atomic E-state index is 0.536. The maximum absolute atomic E-state index is 6.15.